The normalized spacial score (nSPS) is 28.6. The predicted octanol–water partition coefficient (Wildman–Crippen LogP) is 2.41. The summed E-state index contributed by atoms with van der Waals surface area (Å²) in [5.74, 6) is -1.27. The molecule has 32 heavy (non-hydrogen) atoms. The minimum absolute atomic E-state index is 0.118. The van der Waals surface area contributed by atoms with Crippen molar-refractivity contribution < 1.29 is 23.8 Å². The average molecular weight is 437 g/mol. The molecule has 0 bridgehead atoms. The Morgan fingerprint density at radius 1 is 1.38 bits per heavy atom. The molecule has 0 spiro atoms. The molecule has 6 rings (SSSR count). The summed E-state index contributed by atoms with van der Waals surface area (Å²) in [6.45, 7) is 3.70. The lowest BCUT2D eigenvalue weighted by molar-refractivity contribution is -0.165. The molecule has 8 heteroatoms. The Balaban J connectivity index is 1.57. The van der Waals surface area contributed by atoms with Crippen molar-refractivity contribution in [2.75, 3.05) is 6.61 Å². The van der Waals surface area contributed by atoms with Crippen LogP contribution < -0.4 is 5.73 Å². The molecule has 7 nitrogen and oxygen atoms in total. The Labute approximate surface area is 184 Å². The first kappa shape index (κ1) is 19.8. The third kappa shape index (κ3) is 2.29. The van der Waals surface area contributed by atoms with Gasteiger partial charge in [0.15, 0.2) is 5.60 Å². The van der Waals surface area contributed by atoms with Crippen LogP contribution in [-0.2, 0) is 27.3 Å². The number of halogens is 1. The van der Waals surface area contributed by atoms with Gasteiger partial charge < -0.3 is 20.5 Å². The summed E-state index contributed by atoms with van der Waals surface area (Å²) in [6.07, 6.45) is 1.81. The number of rotatable bonds is 1. The Kier molecular flexibility index (Phi) is 3.94. The number of aliphatic hydroxyl groups is 1. The number of aryl methyl sites for hydroxylation is 1. The van der Waals surface area contributed by atoms with Crippen LogP contribution in [-0.4, -0.2) is 39.1 Å². The lowest BCUT2D eigenvalue weighted by atomic mass is 9.78. The van der Waals surface area contributed by atoms with Crippen molar-refractivity contribution in [1.82, 2.24) is 9.88 Å². The lowest BCUT2D eigenvalue weighted by Crippen LogP contribution is -2.51. The van der Waals surface area contributed by atoms with Crippen LogP contribution in [0.5, 0.6) is 0 Å². The Morgan fingerprint density at radius 2 is 2.16 bits per heavy atom. The van der Waals surface area contributed by atoms with E-state index in [4.69, 9.17) is 15.5 Å². The van der Waals surface area contributed by atoms with Gasteiger partial charge in [0.25, 0.3) is 5.91 Å². The molecule has 0 saturated heterocycles. The zero-order chi connectivity index (χ0) is 22.5. The molecule has 3 N–H and O–H groups in total. The first-order valence-corrected chi connectivity index (χ1v) is 11.1. The van der Waals surface area contributed by atoms with E-state index in [2.05, 4.69) is 0 Å². The Hall–Kier alpha value is -2.84. The number of nitrogens with two attached hydrogens (primary N) is 1. The van der Waals surface area contributed by atoms with E-state index in [0.717, 1.165) is 22.1 Å². The van der Waals surface area contributed by atoms with E-state index in [1.54, 1.807) is 18.7 Å². The van der Waals surface area contributed by atoms with E-state index in [1.165, 1.54) is 6.07 Å². The zero-order valence-corrected chi connectivity index (χ0v) is 18.0. The van der Waals surface area contributed by atoms with Crippen molar-refractivity contribution >= 4 is 22.8 Å². The van der Waals surface area contributed by atoms with E-state index in [0.29, 0.717) is 53.7 Å². The number of carbonyl (C=O) groups is 2. The largest absolute Gasteiger partial charge is 0.458 e. The average Bonchev–Trinajstić information content (AvgIpc) is 3.14. The van der Waals surface area contributed by atoms with Crippen LogP contribution in [0.25, 0.3) is 10.9 Å². The monoisotopic (exact) mass is 437 g/mol. The van der Waals surface area contributed by atoms with Crippen LogP contribution in [0.3, 0.4) is 0 Å². The fourth-order valence-electron chi connectivity index (χ4n) is 6.04. The highest BCUT2D eigenvalue weighted by atomic mass is 19.1. The molecule has 1 aliphatic carbocycles. The summed E-state index contributed by atoms with van der Waals surface area (Å²) in [4.78, 5) is 32.4. The zero-order valence-electron chi connectivity index (χ0n) is 18.0. The van der Waals surface area contributed by atoms with Crippen molar-refractivity contribution in [2.24, 2.45) is 5.73 Å². The smallest absolute Gasteiger partial charge is 0.342 e. The third-order valence-electron chi connectivity index (χ3n) is 7.85. The van der Waals surface area contributed by atoms with Crippen molar-refractivity contribution in [3.63, 3.8) is 0 Å². The van der Waals surface area contributed by atoms with E-state index < -0.39 is 17.6 Å². The molecule has 4 aliphatic rings. The molecule has 2 aromatic rings. The van der Waals surface area contributed by atoms with Crippen molar-refractivity contribution in [3.05, 3.63) is 51.0 Å². The van der Waals surface area contributed by atoms with E-state index in [1.807, 2.05) is 0 Å². The lowest BCUT2D eigenvalue weighted by Gasteiger charge is -2.41. The molecule has 1 aromatic carbocycles. The molecule has 1 amide bonds. The van der Waals surface area contributed by atoms with Crippen LogP contribution in [0.15, 0.2) is 17.2 Å². The summed E-state index contributed by atoms with van der Waals surface area (Å²) >= 11 is 0. The number of cyclic esters (lactones) is 1. The molecular formula is C24H24FN3O4. The molecule has 166 valence electrons. The van der Waals surface area contributed by atoms with Crippen LogP contribution in [0.2, 0.25) is 0 Å². The van der Waals surface area contributed by atoms with Crippen LogP contribution >= 0.6 is 0 Å². The summed E-state index contributed by atoms with van der Waals surface area (Å²) < 4.78 is 19.8. The van der Waals surface area contributed by atoms with Crippen molar-refractivity contribution in [2.45, 2.75) is 63.8 Å². The van der Waals surface area contributed by atoms with Gasteiger partial charge in [-0.1, -0.05) is 6.92 Å². The second-order valence-electron chi connectivity index (χ2n) is 9.29. The summed E-state index contributed by atoms with van der Waals surface area (Å²) in [5.41, 5.74) is 10.2. The maximum Gasteiger partial charge on any atom is 0.342 e. The number of ether oxygens (including phenoxy) is 1. The molecule has 1 aromatic heterocycles. The van der Waals surface area contributed by atoms with Crippen molar-refractivity contribution in [1.29, 1.82) is 0 Å². The highest BCUT2D eigenvalue weighted by Gasteiger charge is 2.53. The quantitative estimate of drug-likeness (QED) is 0.664. The third-order valence-corrected chi connectivity index (χ3v) is 7.85. The number of amides is 1. The van der Waals surface area contributed by atoms with E-state index >= 15 is 0 Å². The number of benzene rings is 1. The van der Waals surface area contributed by atoms with Gasteiger partial charge in [-0.2, -0.15) is 0 Å². The highest BCUT2D eigenvalue weighted by molar-refractivity contribution is 6.01. The van der Waals surface area contributed by atoms with Gasteiger partial charge in [-0.15, -0.1) is 0 Å². The number of pyridine rings is 1. The minimum Gasteiger partial charge on any atom is -0.458 e. The molecular weight excluding hydrogens is 413 g/mol. The minimum atomic E-state index is -1.81. The first-order chi connectivity index (χ1) is 15.3. The topological polar surface area (TPSA) is 106 Å². The van der Waals surface area contributed by atoms with Gasteiger partial charge in [0.05, 0.1) is 22.8 Å². The molecule has 3 atom stereocenters. The summed E-state index contributed by atoms with van der Waals surface area (Å²) in [7, 11) is 0. The van der Waals surface area contributed by atoms with Crippen LogP contribution in [0.4, 0.5) is 4.39 Å². The van der Waals surface area contributed by atoms with Crippen LogP contribution in [0.1, 0.15) is 66.2 Å². The maximum atomic E-state index is 14.7. The number of hydrogen-bond acceptors (Lipinski definition) is 6. The van der Waals surface area contributed by atoms with Gasteiger partial charge in [-0.05, 0) is 54.9 Å². The first-order valence-electron chi connectivity index (χ1n) is 11.1. The van der Waals surface area contributed by atoms with E-state index in [-0.39, 0.29) is 30.8 Å². The molecule has 0 radical (unpaired) electrons. The molecule has 4 heterocycles. The second-order valence-corrected chi connectivity index (χ2v) is 9.29. The number of aromatic nitrogens is 1. The van der Waals surface area contributed by atoms with Crippen LogP contribution in [0, 0.1) is 12.7 Å². The number of hydrogen-bond donors (Lipinski definition) is 2. The SMILES string of the molecule is CC[C@@]1(O)C(=O)OCC2=C1CC1c3nc4cc(F)c(C)c5c4c(c3CN1C2=O)[C@@H](N)CC5. The van der Waals surface area contributed by atoms with Gasteiger partial charge >= 0.3 is 5.97 Å². The summed E-state index contributed by atoms with van der Waals surface area (Å²) in [5, 5.41) is 12.0. The van der Waals surface area contributed by atoms with Gasteiger partial charge in [-0.25, -0.2) is 9.18 Å². The highest BCUT2D eigenvalue weighted by Crippen LogP contribution is 2.50. The van der Waals surface area contributed by atoms with Gasteiger partial charge in [0.1, 0.15) is 12.4 Å². The van der Waals surface area contributed by atoms with Gasteiger partial charge in [0, 0.05) is 29.6 Å². The molecule has 1 unspecified atom stereocenters. The maximum absolute atomic E-state index is 14.7. The Morgan fingerprint density at radius 3 is 2.91 bits per heavy atom. The fourth-order valence-corrected chi connectivity index (χ4v) is 6.04. The standard InChI is InChI=1S/C24H24FN3O4/c1-3-24(31)14-6-18-21-12(8-28(18)22(29)13(14)9-32-23(24)30)19-16(26)5-4-11-10(2)15(25)7-17(27-21)20(11)19/h7,16,18,31H,3-6,8-9,26H2,1-2H3/t16-,18?,24-/m0/s1. The second kappa shape index (κ2) is 6.36. The fraction of sp³-hybridized carbons (Fsp3) is 0.458. The predicted molar refractivity (Wildman–Crippen MR) is 113 cm³/mol. The number of esters is 1. The molecule has 3 aliphatic heterocycles. The number of carbonyl (C=O) groups excluding carboxylic acids is 2. The number of fused-ring (bicyclic) bond motifs is 4. The summed E-state index contributed by atoms with van der Waals surface area (Å²) in [6, 6.07) is 0.805. The molecule has 0 saturated carbocycles. The Bertz CT molecular complexity index is 1290. The number of nitrogens with zero attached hydrogens (tertiary/aromatic N) is 2. The van der Waals surface area contributed by atoms with E-state index in [9.17, 15) is 19.1 Å². The molecule has 0 fully saturated rings. The van der Waals surface area contributed by atoms with Gasteiger partial charge in [-0.3, -0.25) is 9.78 Å². The van der Waals surface area contributed by atoms with Crippen molar-refractivity contribution in [3.8, 4) is 0 Å². The van der Waals surface area contributed by atoms with Gasteiger partial charge in [0.2, 0.25) is 0 Å².